The lowest BCUT2D eigenvalue weighted by molar-refractivity contribution is -0.131. The highest BCUT2D eigenvalue weighted by molar-refractivity contribution is 8.00. The number of nitrogens with one attached hydrogen (secondary N) is 1. The fourth-order valence-corrected chi connectivity index (χ4v) is 3.06. The van der Waals surface area contributed by atoms with Gasteiger partial charge in [-0.15, -0.1) is 11.8 Å². The van der Waals surface area contributed by atoms with Gasteiger partial charge in [-0.1, -0.05) is 17.7 Å². The van der Waals surface area contributed by atoms with E-state index >= 15 is 0 Å². The molecule has 4 heteroatoms. The van der Waals surface area contributed by atoms with E-state index < -0.39 is 0 Å². The Labute approximate surface area is 119 Å². The minimum absolute atomic E-state index is 0.242. The molecule has 0 aliphatic carbocycles. The maximum Gasteiger partial charge on any atom is 0.233 e. The summed E-state index contributed by atoms with van der Waals surface area (Å²) >= 11 is 1.62. The molecule has 0 aromatic heterocycles. The number of benzene rings is 1. The van der Waals surface area contributed by atoms with Crippen molar-refractivity contribution in [2.75, 3.05) is 18.8 Å². The molecule has 0 spiro atoms. The number of hydrogen-bond acceptors (Lipinski definition) is 3. The second kappa shape index (κ2) is 6.44. The highest BCUT2D eigenvalue weighted by Gasteiger charge is 2.27. The standard InChI is InChI=1S/C15H22N2OS/c1-11-4-6-14(7-5-11)19-10-15(18)17-9-8-16-12(2)13(17)3/h4-7,12-13,16H,8-10H2,1-3H3. The maximum atomic E-state index is 12.3. The summed E-state index contributed by atoms with van der Waals surface area (Å²) < 4.78 is 0. The van der Waals surface area contributed by atoms with Gasteiger partial charge in [-0.3, -0.25) is 4.79 Å². The fraction of sp³-hybridized carbons (Fsp3) is 0.533. The van der Waals surface area contributed by atoms with Gasteiger partial charge in [-0.05, 0) is 32.9 Å². The molecule has 0 bridgehead atoms. The van der Waals surface area contributed by atoms with E-state index in [4.69, 9.17) is 0 Å². The highest BCUT2D eigenvalue weighted by Crippen LogP contribution is 2.20. The second-order valence-electron chi connectivity index (χ2n) is 5.17. The van der Waals surface area contributed by atoms with Crippen LogP contribution in [0.2, 0.25) is 0 Å². The Kier molecular flexibility index (Phi) is 4.88. The number of nitrogens with zero attached hydrogens (tertiary/aromatic N) is 1. The summed E-state index contributed by atoms with van der Waals surface area (Å²) in [7, 11) is 0. The number of amides is 1. The first kappa shape index (κ1) is 14.4. The van der Waals surface area contributed by atoms with Gasteiger partial charge in [0.2, 0.25) is 5.91 Å². The molecular formula is C15H22N2OS. The largest absolute Gasteiger partial charge is 0.336 e. The average molecular weight is 278 g/mol. The van der Waals surface area contributed by atoms with E-state index in [1.807, 2.05) is 4.90 Å². The molecule has 1 saturated heterocycles. The normalized spacial score (nSPS) is 23.4. The summed E-state index contributed by atoms with van der Waals surface area (Å²) in [6.45, 7) is 8.04. The molecule has 2 rings (SSSR count). The zero-order valence-corrected chi connectivity index (χ0v) is 12.7. The van der Waals surface area contributed by atoms with Crippen LogP contribution in [0.25, 0.3) is 0 Å². The Morgan fingerprint density at radius 3 is 2.74 bits per heavy atom. The second-order valence-corrected chi connectivity index (χ2v) is 6.22. The van der Waals surface area contributed by atoms with E-state index in [0.29, 0.717) is 11.8 Å². The van der Waals surface area contributed by atoms with Crippen LogP contribution in [-0.4, -0.2) is 41.7 Å². The third kappa shape index (κ3) is 3.74. The van der Waals surface area contributed by atoms with Gasteiger partial charge in [0.05, 0.1) is 5.75 Å². The molecule has 1 aliphatic heterocycles. The Morgan fingerprint density at radius 2 is 2.05 bits per heavy atom. The Hall–Kier alpha value is -1.00. The molecule has 0 radical (unpaired) electrons. The third-order valence-corrected chi connectivity index (χ3v) is 4.73. The van der Waals surface area contributed by atoms with E-state index in [1.165, 1.54) is 5.56 Å². The molecule has 3 nitrogen and oxygen atoms in total. The zero-order valence-electron chi connectivity index (χ0n) is 11.8. The summed E-state index contributed by atoms with van der Waals surface area (Å²) in [5, 5.41) is 3.40. The van der Waals surface area contributed by atoms with E-state index in [9.17, 15) is 4.79 Å². The highest BCUT2D eigenvalue weighted by atomic mass is 32.2. The van der Waals surface area contributed by atoms with Crippen molar-refractivity contribution in [3.63, 3.8) is 0 Å². The van der Waals surface area contributed by atoms with Crippen LogP contribution in [0.3, 0.4) is 0 Å². The number of thioether (sulfide) groups is 1. The smallest absolute Gasteiger partial charge is 0.233 e. The molecular weight excluding hydrogens is 256 g/mol. The van der Waals surface area contributed by atoms with E-state index in [1.54, 1.807) is 11.8 Å². The van der Waals surface area contributed by atoms with Gasteiger partial charge in [0.25, 0.3) is 0 Å². The van der Waals surface area contributed by atoms with Crippen molar-refractivity contribution in [2.24, 2.45) is 0 Å². The molecule has 1 aromatic rings. The van der Waals surface area contributed by atoms with Crippen LogP contribution < -0.4 is 5.32 Å². The molecule has 1 aliphatic rings. The van der Waals surface area contributed by atoms with Gasteiger partial charge >= 0.3 is 0 Å². The molecule has 104 valence electrons. The minimum atomic E-state index is 0.242. The van der Waals surface area contributed by atoms with Gasteiger partial charge in [-0.2, -0.15) is 0 Å². The lowest BCUT2D eigenvalue weighted by Gasteiger charge is -2.38. The Balaban J connectivity index is 1.88. The number of piperazine rings is 1. The monoisotopic (exact) mass is 278 g/mol. The summed E-state index contributed by atoms with van der Waals surface area (Å²) in [5.74, 6) is 0.770. The molecule has 1 N–H and O–H groups in total. The van der Waals surface area contributed by atoms with Crippen LogP contribution in [0.5, 0.6) is 0 Å². The van der Waals surface area contributed by atoms with Gasteiger partial charge in [0, 0.05) is 30.1 Å². The predicted molar refractivity (Wildman–Crippen MR) is 80.5 cm³/mol. The van der Waals surface area contributed by atoms with Crippen molar-refractivity contribution >= 4 is 17.7 Å². The zero-order chi connectivity index (χ0) is 13.8. The van der Waals surface area contributed by atoms with Crippen molar-refractivity contribution in [2.45, 2.75) is 37.8 Å². The lowest BCUT2D eigenvalue weighted by Crippen LogP contribution is -2.57. The molecule has 1 heterocycles. The van der Waals surface area contributed by atoms with Crippen LogP contribution in [0.15, 0.2) is 29.2 Å². The van der Waals surface area contributed by atoms with E-state index in [-0.39, 0.29) is 11.9 Å². The maximum absolute atomic E-state index is 12.3. The van der Waals surface area contributed by atoms with Crippen LogP contribution in [0.4, 0.5) is 0 Å². The van der Waals surface area contributed by atoms with Crippen LogP contribution in [0, 0.1) is 6.92 Å². The van der Waals surface area contributed by atoms with Crippen LogP contribution in [-0.2, 0) is 4.79 Å². The molecule has 1 fully saturated rings. The van der Waals surface area contributed by atoms with Crippen molar-refractivity contribution in [1.82, 2.24) is 10.2 Å². The van der Waals surface area contributed by atoms with E-state index in [2.05, 4.69) is 50.4 Å². The summed E-state index contributed by atoms with van der Waals surface area (Å²) in [4.78, 5) is 15.4. The number of carbonyl (C=O) groups is 1. The van der Waals surface area contributed by atoms with Crippen molar-refractivity contribution in [1.29, 1.82) is 0 Å². The van der Waals surface area contributed by atoms with Crippen molar-refractivity contribution in [3.8, 4) is 0 Å². The minimum Gasteiger partial charge on any atom is -0.336 e. The van der Waals surface area contributed by atoms with Gasteiger partial charge in [0.1, 0.15) is 0 Å². The van der Waals surface area contributed by atoms with Crippen LogP contribution >= 0.6 is 11.8 Å². The molecule has 0 saturated carbocycles. The third-order valence-electron chi connectivity index (χ3n) is 3.74. The summed E-state index contributed by atoms with van der Waals surface area (Å²) in [5.41, 5.74) is 1.25. The van der Waals surface area contributed by atoms with Gasteiger partial charge < -0.3 is 10.2 Å². The fourth-order valence-electron chi connectivity index (χ4n) is 2.27. The Morgan fingerprint density at radius 1 is 1.37 bits per heavy atom. The first-order chi connectivity index (χ1) is 9.08. The number of carbonyl (C=O) groups excluding carboxylic acids is 1. The lowest BCUT2D eigenvalue weighted by atomic mass is 10.1. The van der Waals surface area contributed by atoms with Gasteiger partial charge in [-0.25, -0.2) is 0 Å². The molecule has 2 atom stereocenters. The van der Waals surface area contributed by atoms with Crippen molar-refractivity contribution in [3.05, 3.63) is 29.8 Å². The first-order valence-corrected chi connectivity index (χ1v) is 7.79. The average Bonchev–Trinajstić information content (AvgIpc) is 2.41. The summed E-state index contributed by atoms with van der Waals surface area (Å²) in [6.07, 6.45) is 0. The van der Waals surface area contributed by atoms with Crippen molar-refractivity contribution < 1.29 is 4.79 Å². The first-order valence-electron chi connectivity index (χ1n) is 6.80. The Bertz CT molecular complexity index is 432. The van der Waals surface area contributed by atoms with Crippen LogP contribution in [0.1, 0.15) is 19.4 Å². The molecule has 2 unspecified atom stereocenters. The predicted octanol–water partition coefficient (Wildman–Crippen LogP) is 2.30. The quantitative estimate of drug-likeness (QED) is 0.861. The SMILES string of the molecule is Cc1ccc(SCC(=O)N2CCNC(C)C2C)cc1. The topological polar surface area (TPSA) is 32.3 Å². The summed E-state index contributed by atoms with van der Waals surface area (Å²) in [6, 6.07) is 8.99. The molecule has 1 amide bonds. The molecule has 1 aromatic carbocycles. The number of hydrogen-bond donors (Lipinski definition) is 1. The number of aryl methyl sites for hydroxylation is 1. The number of rotatable bonds is 3. The van der Waals surface area contributed by atoms with Gasteiger partial charge in [0.15, 0.2) is 0 Å². The molecule has 19 heavy (non-hydrogen) atoms. The van der Waals surface area contributed by atoms with E-state index in [0.717, 1.165) is 18.0 Å².